The molecule has 2 rings (SSSR count). The van der Waals surface area contributed by atoms with Crippen molar-refractivity contribution in [2.75, 3.05) is 6.54 Å². The Labute approximate surface area is 108 Å². The van der Waals surface area contributed by atoms with E-state index in [-0.39, 0.29) is 6.04 Å². The molecule has 0 radical (unpaired) electrons. The van der Waals surface area contributed by atoms with Crippen LogP contribution in [0.5, 0.6) is 0 Å². The molecular formula is C14H21N3O. The minimum atomic E-state index is 0.226. The summed E-state index contributed by atoms with van der Waals surface area (Å²) in [5.74, 6) is 1.03. The molecule has 18 heavy (non-hydrogen) atoms. The molecule has 0 aromatic carbocycles. The van der Waals surface area contributed by atoms with Crippen LogP contribution < -0.4 is 5.32 Å². The third-order valence-corrected chi connectivity index (χ3v) is 3.06. The molecule has 0 saturated heterocycles. The van der Waals surface area contributed by atoms with E-state index in [1.54, 1.807) is 6.26 Å². The molecule has 2 heterocycles. The van der Waals surface area contributed by atoms with Gasteiger partial charge in [0.05, 0.1) is 18.5 Å². The van der Waals surface area contributed by atoms with E-state index >= 15 is 0 Å². The van der Waals surface area contributed by atoms with Gasteiger partial charge in [-0.1, -0.05) is 6.92 Å². The Bertz CT molecular complexity index is 487. The van der Waals surface area contributed by atoms with E-state index in [4.69, 9.17) is 4.42 Å². The minimum Gasteiger partial charge on any atom is -0.467 e. The van der Waals surface area contributed by atoms with E-state index in [1.165, 1.54) is 11.1 Å². The van der Waals surface area contributed by atoms with Crippen LogP contribution in [-0.2, 0) is 13.5 Å². The highest BCUT2D eigenvalue weighted by Gasteiger charge is 2.17. The normalized spacial score (nSPS) is 12.8. The predicted molar refractivity (Wildman–Crippen MR) is 71.4 cm³/mol. The monoisotopic (exact) mass is 247 g/mol. The smallest absolute Gasteiger partial charge is 0.123 e. The van der Waals surface area contributed by atoms with Gasteiger partial charge in [0, 0.05) is 13.2 Å². The highest BCUT2D eigenvalue weighted by molar-refractivity contribution is 5.21. The SMILES string of the molecule is CCCNC(Cc1cnn(C)c1)c1occc1C. The van der Waals surface area contributed by atoms with Crippen molar-refractivity contribution in [2.45, 2.75) is 32.7 Å². The molecule has 4 nitrogen and oxygen atoms in total. The summed E-state index contributed by atoms with van der Waals surface area (Å²) in [5, 5.41) is 7.75. The molecule has 0 aliphatic carbocycles. The lowest BCUT2D eigenvalue weighted by Crippen LogP contribution is -2.24. The van der Waals surface area contributed by atoms with Crippen molar-refractivity contribution >= 4 is 0 Å². The molecule has 0 aliphatic rings. The molecule has 0 aliphatic heterocycles. The number of aromatic nitrogens is 2. The largest absolute Gasteiger partial charge is 0.467 e. The van der Waals surface area contributed by atoms with Crippen molar-refractivity contribution in [3.8, 4) is 0 Å². The number of nitrogens with one attached hydrogen (secondary N) is 1. The van der Waals surface area contributed by atoms with Gasteiger partial charge in [-0.3, -0.25) is 4.68 Å². The Kier molecular flexibility index (Phi) is 4.20. The Morgan fingerprint density at radius 2 is 2.33 bits per heavy atom. The van der Waals surface area contributed by atoms with Crippen molar-refractivity contribution < 1.29 is 4.42 Å². The quantitative estimate of drug-likeness (QED) is 0.853. The zero-order chi connectivity index (χ0) is 13.0. The average Bonchev–Trinajstić information content (AvgIpc) is 2.93. The molecule has 1 unspecified atom stereocenters. The van der Waals surface area contributed by atoms with Crippen LogP contribution in [0.3, 0.4) is 0 Å². The first-order valence-corrected chi connectivity index (χ1v) is 6.45. The van der Waals surface area contributed by atoms with Gasteiger partial charge in [0.25, 0.3) is 0 Å². The molecular weight excluding hydrogens is 226 g/mol. The third kappa shape index (κ3) is 3.01. The number of rotatable bonds is 6. The van der Waals surface area contributed by atoms with Gasteiger partial charge in [-0.2, -0.15) is 5.10 Å². The lowest BCUT2D eigenvalue weighted by molar-refractivity contribution is 0.408. The maximum Gasteiger partial charge on any atom is 0.123 e. The van der Waals surface area contributed by atoms with Gasteiger partial charge < -0.3 is 9.73 Å². The van der Waals surface area contributed by atoms with Gasteiger partial charge in [0.15, 0.2) is 0 Å². The Morgan fingerprint density at radius 3 is 2.89 bits per heavy atom. The van der Waals surface area contributed by atoms with Crippen LogP contribution in [0.2, 0.25) is 0 Å². The standard InChI is InChI=1S/C14H21N3O/c1-4-6-15-13(14-11(2)5-7-18-14)8-12-9-16-17(3)10-12/h5,7,9-10,13,15H,4,6,8H2,1-3H3. The fraction of sp³-hybridized carbons (Fsp3) is 0.500. The molecule has 0 amide bonds. The van der Waals surface area contributed by atoms with Gasteiger partial charge in [-0.05, 0) is 43.5 Å². The number of furan rings is 1. The summed E-state index contributed by atoms with van der Waals surface area (Å²) in [5.41, 5.74) is 2.43. The minimum absolute atomic E-state index is 0.226. The van der Waals surface area contributed by atoms with Crippen LogP contribution in [0.1, 0.15) is 36.3 Å². The van der Waals surface area contributed by atoms with E-state index in [2.05, 4.69) is 30.5 Å². The second kappa shape index (κ2) is 5.87. The van der Waals surface area contributed by atoms with E-state index in [1.807, 2.05) is 24.0 Å². The number of nitrogens with zero attached hydrogens (tertiary/aromatic N) is 2. The number of hydrogen-bond acceptors (Lipinski definition) is 3. The average molecular weight is 247 g/mol. The first-order chi connectivity index (χ1) is 8.70. The van der Waals surface area contributed by atoms with Crippen molar-refractivity contribution in [3.05, 3.63) is 41.6 Å². The number of aryl methyl sites for hydroxylation is 2. The summed E-state index contributed by atoms with van der Waals surface area (Å²) in [6.45, 7) is 5.25. The molecule has 2 aromatic rings. The Hall–Kier alpha value is -1.55. The van der Waals surface area contributed by atoms with E-state index in [0.29, 0.717) is 0 Å². The highest BCUT2D eigenvalue weighted by Crippen LogP contribution is 2.22. The van der Waals surface area contributed by atoms with Crippen LogP contribution in [0.25, 0.3) is 0 Å². The zero-order valence-electron chi connectivity index (χ0n) is 11.3. The predicted octanol–water partition coefficient (Wildman–Crippen LogP) is 2.60. The molecule has 0 fully saturated rings. The second-order valence-corrected chi connectivity index (χ2v) is 4.70. The van der Waals surface area contributed by atoms with Crippen LogP contribution in [0.4, 0.5) is 0 Å². The fourth-order valence-corrected chi connectivity index (χ4v) is 2.13. The Balaban J connectivity index is 2.12. The van der Waals surface area contributed by atoms with Crippen molar-refractivity contribution in [1.82, 2.24) is 15.1 Å². The van der Waals surface area contributed by atoms with Gasteiger partial charge in [0.2, 0.25) is 0 Å². The van der Waals surface area contributed by atoms with E-state index in [0.717, 1.165) is 25.1 Å². The molecule has 0 saturated carbocycles. The lowest BCUT2D eigenvalue weighted by Gasteiger charge is -2.16. The van der Waals surface area contributed by atoms with Crippen LogP contribution in [-0.4, -0.2) is 16.3 Å². The summed E-state index contributed by atoms with van der Waals surface area (Å²) in [6.07, 6.45) is 7.75. The van der Waals surface area contributed by atoms with Gasteiger partial charge in [-0.15, -0.1) is 0 Å². The highest BCUT2D eigenvalue weighted by atomic mass is 16.3. The maximum absolute atomic E-state index is 5.61. The third-order valence-electron chi connectivity index (χ3n) is 3.06. The van der Waals surface area contributed by atoms with Crippen molar-refractivity contribution in [3.63, 3.8) is 0 Å². The summed E-state index contributed by atoms with van der Waals surface area (Å²) in [7, 11) is 1.94. The first kappa shape index (κ1) is 12.9. The Morgan fingerprint density at radius 1 is 1.50 bits per heavy atom. The van der Waals surface area contributed by atoms with Crippen LogP contribution in [0, 0.1) is 6.92 Å². The molecule has 4 heteroatoms. The lowest BCUT2D eigenvalue weighted by atomic mass is 10.0. The van der Waals surface area contributed by atoms with E-state index < -0.39 is 0 Å². The van der Waals surface area contributed by atoms with Crippen LogP contribution >= 0.6 is 0 Å². The number of hydrogen-bond donors (Lipinski definition) is 1. The summed E-state index contributed by atoms with van der Waals surface area (Å²) in [4.78, 5) is 0. The molecule has 0 bridgehead atoms. The molecule has 0 spiro atoms. The van der Waals surface area contributed by atoms with Crippen LogP contribution in [0.15, 0.2) is 29.1 Å². The first-order valence-electron chi connectivity index (χ1n) is 6.45. The summed E-state index contributed by atoms with van der Waals surface area (Å²) >= 11 is 0. The topological polar surface area (TPSA) is 43.0 Å². The van der Waals surface area contributed by atoms with Gasteiger partial charge in [-0.25, -0.2) is 0 Å². The summed E-state index contributed by atoms with van der Waals surface area (Å²) < 4.78 is 7.45. The molecule has 2 aromatic heterocycles. The van der Waals surface area contributed by atoms with E-state index in [9.17, 15) is 0 Å². The fourth-order valence-electron chi connectivity index (χ4n) is 2.13. The maximum atomic E-state index is 5.61. The van der Waals surface area contributed by atoms with Gasteiger partial charge in [0.1, 0.15) is 5.76 Å². The molecule has 98 valence electrons. The molecule has 1 atom stereocenters. The molecule has 1 N–H and O–H groups in total. The van der Waals surface area contributed by atoms with Crippen molar-refractivity contribution in [1.29, 1.82) is 0 Å². The van der Waals surface area contributed by atoms with Crippen molar-refractivity contribution in [2.24, 2.45) is 7.05 Å². The van der Waals surface area contributed by atoms with Gasteiger partial charge >= 0.3 is 0 Å². The summed E-state index contributed by atoms with van der Waals surface area (Å²) in [6, 6.07) is 2.24. The zero-order valence-corrected chi connectivity index (χ0v) is 11.3. The second-order valence-electron chi connectivity index (χ2n) is 4.70.